The van der Waals surface area contributed by atoms with Gasteiger partial charge in [0.05, 0.1) is 6.61 Å². The van der Waals surface area contributed by atoms with Gasteiger partial charge in [-0.1, -0.05) is 276 Å². The van der Waals surface area contributed by atoms with Crippen LogP contribution in [0.1, 0.15) is 316 Å². The van der Waals surface area contributed by atoms with E-state index in [1.807, 2.05) is 0 Å². The summed E-state index contributed by atoms with van der Waals surface area (Å²) in [5.74, 6) is -0.384. The summed E-state index contributed by atoms with van der Waals surface area (Å²) < 4.78 is 17.4. The zero-order chi connectivity index (χ0) is 46.3. The summed E-state index contributed by atoms with van der Waals surface area (Å²) in [6, 6.07) is 0. The van der Waals surface area contributed by atoms with Crippen molar-refractivity contribution in [3.8, 4) is 0 Å². The molecule has 0 amide bonds. The first kappa shape index (κ1) is 62.4. The SMILES string of the molecule is CCCCC/C=C\C/C=C\CCCCCCCCCCCC(=O)OCC(COCCCCCCCCCCCCCCCCCCCCCC)OC(=O)CCCCCCCCCCC. The van der Waals surface area contributed by atoms with E-state index in [0.29, 0.717) is 26.1 Å². The Hall–Kier alpha value is -1.62. The van der Waals surface area contributed by atoms with Crippen molar-refractivity contribution in [2.24, 2.45) is 0 Å². The quantitative estimate of drug-likeness (QED) is 0.0346. The molecule has 0 saturated heterocycles. The lowest BCUT2D eigenvalue weighted by Crippen LogP contribution is -2.30. The highest BCUT2D eigenvalue weighted by Crippen LogP contribution is 2.17. The number of carbonyl (C=O) groups excluding carboxylic acids is 2. The molecule has 0 aliphatic rings. The van der Waals surface area contributed by atoms with Gasteiger partial charge in [-0.15, -0.1) is 0 Å². The van der Waals surface area contributed by atoms with E-state index in [1.165, 1.54) is 244 Å². The van der Waals surface area contributed by atoms with Gasteiger partial charge in [0.1, 0.15) is 6.61 Å². The van der Waals surface area contributed by atoms with Gasteiger partial charge >= 0.3 is 11.9 Å². The Labute approximate surface area is 400 Å². The topological polar surface area (TPSA) is 61.8 Å². The van der Waals surface area contributed by atoms with Crippen LogP contribution in [-0.4, -0.2) is 37.9 Å². The summed E-state index contributed by atoms with van der Waals surface area (Å²) in [6.45, 7) is 7.85. The molecule has 0 rings (SSSR count). The van der Waals surface area contributed by atoms with E-state index < -0.39 is 6.10 Å². The van der Waals surface area contributed by atoms with Gasteiger partial charge in [-0.3, -0.25) is 9.59 Å². The van der Waals surface area contributed by atoms with Crippen LogP contribution in [0.15, 0.2) is 24.3 Å². The van der Waals surface area contributed by atoms with Crippen molar-refractivity contribution in [3.05, 3.63) is 24.3 Å². The highest BCUT2D eigenvalue weighted by atomic mass is 16.6. The van der Waals surface area contributed by atoms with Gasteiger partial charge in [0.2, 0.25) is 0 Å². The van der Waals surface area contributed by atoms with Gasteiger partial charge < -0.3 is 14.2 Å². The summed E-state index contributed by atoms with van der Waals surface area (Å²) in [5, 5.41) is 0. The Morgan fingerprint density at radius 1 is 0.344 bits per heavy atom. The van der Waals surface area contributed by atoms with E-state index in [2.05, 4.69) is 45.1 Å². The van der Waals surface area contributed by atoms with Gasteiger partial charge in [-0.05, 0) is 51.4 Å². The summed E-state index contributed by atoms with van der Waals surface area (Å²) in [7, 11) is 0. The fourth-order valence-electron chi connectivity index (χ4n) is 8.66. The molecule has 1 unspecified atom stereocenters. The van der Waals surface area contributed by atoms with Crippen LogP contribution in [-0.2, 0) is 23.8 Å². The Kier molecular flexibility index (Phi) is 54.3. The largest absolute Gasteiger partial charge is 0.462 e. The molecule has 0 heterocycles. The van der Waals surface area contributed by atoms with Crippen LogP contribution in [0.4, 0.5) is 0 Å². The van der Waals surface area contributed by atoms with Crippen LogP contribution >= 0.6 is 0 Å². The molecule has 5 heteroatoms. The molecule has 0 aromatic carbocycles. The highest BCUT2D eigenvalue weighted by Gasteiger charge is 2.17. The number of esters is 2. The molecule has 5 nitrogen and oxygen atoms in total. The second-order valence-corrected chi connectivity index (χ2v) is 19.6. The molecule has 0 saturated carbocycles. The summed E-state index contributed by atoms with van der Waals surface area (Å²) in [6.07, 6.45) is 66.4. The van der Waals surface area contributed by atoms with Crippen molar-refractivity contribution >= 4 is 11.9 Å². The number of allylic oxidation sites excluding steroid dienone is 4. The zero-order valence-corrected chi connectivity index (χ0v) is 43.6. The summed E-state index contributed by atoms with van der Waals surface area (Å²) in [5.41, 5.74) is 0. The first-order valence-electron chi connectivity index (χ1n) is 28.9. The predicted octanol–water partition coefficient (Wildman–Crippen LogP) is 19.6. The van der Waals surface area contributed by atoms with E-state index in [1.54, 1.807) is 0 Å². The third-order valence-corrected chi connectivity index (χ3v) is 13.0. The summed E-state index contributed by atoms with van der Waals surface area (Å²) in [4.78, 5) is 25.4. The van der Waals surface area contributed by atoms with E-state index >= 15 is 0 Å². The van der Waals surface area contributed by atoms with Crippen LogP contribution in [0, 0.1) is 0 Å². The second kappa shape index (κ2) is 55.7. The lowest BCUT2D eigenvalue weighted by Gasteiger charge is -2.18. The number of hydrogen-bond donors (Lipinski definition) is 0. The average molecular weight is 902 g/mol. The van der Waals surface area contributed by atoms with E-state index in [4.69, 9.17) is 14.2 Å². The van der Waals surface area contributed by atoms with Crippen LogP contribution in [0.3, 0.4) is 0 Å². The van der Waals surface area contributed by atoms with Gasteiger partial charge in [-0.2, -0.15) is 0 Å². The number of ether oxygens (including phenoxy) is 3. The van der Waals surface area contributed by atoms with Gasteiger partial charge in [0.25, 0.3) is 0 Å². The standard InChI is InChI=1S/C59H112O5/c1-4-7-10-13-16-19-21-23-25-27-29-31-33-35-37-39-42-45-48-51-54-62-55-57(64-59(61)53-50-47-44-40-18-15-12-9-6-3)56-63-58(60)52-49-46-43-41-38-36-34-32-30-28-26-24-22-20-17-14-11-8-5-2/h17,20,24,26,57H,4-16,18-19,21-23,25,27-56H2,1-3H3/b20-17-,26-24-. The Balaban J connectivity index is 4.09. The Morgan fingerprint density at radius 2 is 0.656 bits per heavy atom. The molecule has 1 atom stereocenters. The van der Waals surface area contributed by atoms with Crippen molar-refractivity contribution in [2.75, 3.05) is 19.8 Å². The van der Waals surface area contributed by atoms with E-state index in [0.717, 1.165) is 38.5 Å². The molecular formula is C59H112O5. The van der Waals surface area contributed by atoms with Gasteiger partial charge in [-0.25, -0.2) is 0 Å². The fraction of sp³-hybridized carbons (Fsp3) is 0.898. The van der Waals surface area contributed by atoms with Crippen molar-refractivity contribution < 1.29 is 23.8 Å². The van der Waals surface area contributed by atoms with Gasteiger partial charge in [0, 0.05) is 19.4 Å². The molecule has 0 aliphatic carbocycles. The average Bonchev–Trinajstić information content (AvgIpc) is 3.30. The molecule has 0 spiro atoms. The predicted molar refractivity (Wildman–Crippen MR) is 279 cm³/mol. The molecule has 0 bridgehead atoms. The molecule has 0 N–H and O–H groups in total. The number of carbonyl (C=O) groups is 2. The molecule has 0 aliphatic heterocycles. The molecule has 378 valence electrons. The fourth-order valence-corrected chi connectivity index (χ4v) is 8.66. The first-order chi connectivity index (χ1) is 31.6. The van der Waals surface area contributed by atoms with Crippen molar-refractivity contribution in [1.29, 1.82) is 0 Å². The smallest absolute Gasteiger partial charge is 0.306 e. The Morgan fingerprint density at radius 3 is 1.06 bits per heavy atom. The molecule has 0 aromatic rings. The van der Waals surface area contributed by atoms with Crippen LogP contribution in [0.5, 0.6) is 0 Å². The first-order valence-corrected chi connectivity index (χ1v) is 28.9. The lowest BCUT2D eigenvalue weighted by atomic mass is 10.0. The zero-order valence-electron chi connectivity index (χ0n) is 43.6. The normalized spacial score (nSPS) is 12.2. The number of rotatable bonds is 54. The number of unbranched alkanes of at least 4 members (excludes halogenated alkanes) is 39. The maximum Gasteiger partial charge on any atom is 0.306 e. The molecular weight excluding hydrogens is 789 g/mol. The number of hydrogen-bond acceptors (Lipinski definition) is 5. The van der Waals surface area contributed by atoms with E-state index in [9.17, 15) is 9.59 Å². The summed E-state index contributed by atoms with van der Waals surface area (Å²) >= 11 is 0. The lowest BCUT2D eigenvalue weighted by molar-refractivity contribution is -0.163. The van der Waals surface area contributed by atoms with E-state index in [-0.39, 0.29) is 18.5 Å². The molecule has 0 radical (unpaired) electrons. The van der Waals surface area contributed by atoms with Crippen LogP contribution < -0.4 is 0 Å². The minimum Gasteiger partial charge on any atom is -0.462 e. The van der Waals surface area contributed by atoms with Crippen LogP contribution in [0.25, 0.3) is 0 Å². The highest BCUT2D eigenvalue weighted by molar-refractivity contribution is 5.70. The molecule has 0 aromatic heterocycles. The minimum absolute atomic E-state index is 0.0908. The third-order valence-electron chi connectivity index (χ3n) is 13.0. The monoisotopic (exact) mass is 901 g/mol. The molecule has 64 heavy (non-hydrogen) atoms. The third kappa shape index (κ3) is 53.0. The van der Waals surface area contributed by atoms with Crippen molar-refractivity contribution in [2.45, 2.75) is 322 Å². The maximum absolute atomic E-state index is 12.8. The Bertz CT molecular complexity index is 974. The molecule has 0 fully saturated rings. The van der Waals surface area contributed by atoms with Gasteiger partial charge in [0.15, 0.2) is 6.10 Å². The minimum atomic E-state index is -0.529. The second-order valence-electron chi connectivity index (χ2n) is 19.6. The van der Waals surface area contributed by atoms with Crippen molar-refractivity contribution in [3.63, 3.8) is 0 Å². The van der Waals surface area contributed by atoms with Crippen molar-refractivity contribution in [1.82, 2.24) is 0 Å². The van der Waals surface area contributed by atoms with Crippen LogP contribution in [0.2, 0.25) is 0 Å². The maximum atomic E-state index is 12.8.